The van der Waals surface area contributed by atoms with E-state index in [0.717, 1.165) is 70.6 Å². The number of allylic oxidation sites excluding steroid dienone is 6. The normalized spacial score (nSPS) is 20.8. The summed E-state index contributed by atoms with van der Waals surface area (Å²) >= 11 is 0. The smallest absolute Gasteiger partial charge is 0.306 e. The number of carbonyl (C=O) groups excluding carboxylic acids is 2. The first-order valence-electron chi connectivity index (χ1n) is 22.0. The van der Waals surface area contributed by atoms with Crippen molar-refractivity contribution in [2.45, 2.75) is 211 Å². The molecule has 0 saturated carbocycles. The molecule has 0 spiro atoms. The molecule has 1 aliphatic rings. The third-order valence-corrected chi connectivity index (χ3v) is 10.7. The molecule has 0 bridgehead atoms. The Hall–Kier alpha value is -2.13. The van der Waals surface area contributed by atoms with Crippen LogP contribution in [0, 0.1) is 0 Å². The van der Waals surface area contributed by atoms with E-state index in [9.17, 15) is 37.9 Å². The highest BCUT2D eigenvalue weighted by Crippen LogP contribution is 2.24. The fraction of sp³-hybridized carbons (Fsp3) is 0.818. The summed E-state index contributed by atoms with van der Waals surface area (Å²) in [5.74, 6) is -2.00. The van der Waals surface area contributed by atoms with Crippen molar-refractivity contribution in [1.82, 2.24) is 0 Å². The van der Waals surface area contributed by atoms with E-state index in [0.29, 0.717) is 12.8 Å². The minimum atomic E-state index is -4.60. The molecule has 1 fully saturated rings. The number of aliphatic hydroxyl groups excluding tert-OH is 3. The fourth-order valence-corrected chi connectivity index (χ4v) is 7.13. The second-order valence-electron chi connectivity index (χ2n) is 15.4. The average Bonchev–Trinajstić information content (AvgIpc) is 3.17. The molecule has 332 valence electrons. The maximum atomic E-state index is 12.8. The van der Waals surface area contributed by atoms with Crippen molar-refractivity contribution < 1.29 is 56.8 Å². The largest absolute Gasteiger partial charge is 0.462 e. The van der Waals surface area contributed by atoms with Gasteiger partial charge in [0.15, 0.2) is 12.4 Å². The Bertz CT molecular complexity index is 1200. The van der Waals surface area contributed by atoms with Gasteiger partial charge >= 0.3 is 11.9 Å². The predicted molar refractivity (Wildman–Crippen MR) is 224 cm³/mol. The van der Waals surface area contributed by atoms with Crippen molar-refractivity contribution in [3.8, 4) is 0 Å². The average molecular weight is 831 g/mol. The maximum absolute atomic E-state index is 12.8. The van der Waals surface area contributed by atoms with Gasteiger partial charge in [-0.05, 0) is 57.8 Å². The molecule has 1 rings (SSSR count). The Labute approximate surface area is 344 Å². The number of rotatable bonds is 36. The van der Waals surface area contributed by atoms with Gasteiger partial charge in [-0.2, -0.15) is 8.42 Å². The highest BCUT2D eigenvalue weighted by Gasteiger charge is 2.46. The number of hydrogen-bond donors (Lipinski definition) is 4. The van der Waals surface area contributed by atoms with Crippen LogP contribution in [0.1, 0.15) is 174 Å². The van der Waals surface area contributed by atoms with Gasteiger partial charge in [-0.3, -0.25) is 14.1 Å². The van der Waals surface area contributed by atoms with Crippen LogP contribution < -0.4 is 0 Å². The standard InChI is InChI=1S/C44H78O12S/c1-3-5-7-9-11-13-15-17-19-21-23-25-27-29-31-33-40(46)55-37(35-54-44-43(49)42(48)41(47)38(56-44)36-57(50,51)52)34-53-39(45)32-30-28-26-24-22-20-18-16-14-12-10-8-6-4-2/h9-12,16,18,37-38,41-44,47-49H,3-8,13-15,17,19-36H2,1-2H3,(H,50,51,52)/b11-9+,12-10+,18-16+/t37-,38-,41-,42?,43?,44+/m1/s1. The molecule has 0 radical (unpaired) electrons. The quantitative estimate of drug-likeness (QED) is 0.0204. The third kappa shape index (κ3) is 29.7. The van der Waals surface area contributed by atoms with Crippen LogP contribution in [0.5, 0.6) is 0 Å². The zero-order valence-corrected chi connectivity index (χ0v) is 36.0. The molecular formula is C44H78O12S. The molecule has 0 aromatic heterocycles. The van der Waals surface area contributed by atoms with Gasteiger partial charge in [0.25, 0.3) is 10.1 Å². The minimum Gasteiger partial charge on any atom is -0.462 e. The van der Waals surface area contributed by atoms with Crippen molar-refractivity contribution in [2.75, 3.05) is 19.0 Å². The molecule has 0 aliphatic carbocycles. The summed E-state index contributed by atoms with van der Waals surface area (Å²) in [6.07, 6.45) is 29.0. The van der Waals surface area contributed by atoms with Crippen LogP contribution in [0.4, 0.5) is 0 Å². The SMILES string of the molecule is CCCC/C=C/C/C=C/CCCCCCCC(=O)OC[C@H](CO[C@H]1O[C@H](CS(=O)(=O)O)[C@@H](O)C(O)C1O)OC(=O)CCCCCCCCCCC/C=C/CCCC. The number of unbranched alkanes of at least 4 members (excludes halogenated alkanes) is 18. The van der Waals surface area contributed by atoms with Crippen molar-refractivity contribution in [1.29, 1.82) is 0 Å². The van der Waals surface area contributed by atoms with E-state index in [1.165, 1.54) is 64.2 Å². The second-order valence-corrected chi connectivity index (χ2v) is 16.9. The highest BCUT2D eigenvalue weighted by atomic mass is 32.2. The molecule has 0 aromatic rings. The Kier molecular flexibility index (Phi) is 32.2. The molecule has 1 aliphatic heterocycles. The molecule has 12 nitrogen and oxygen atoms in total. The highest BCUT2D eigenvalue weighted by molar-refractivity contribution is 7.85. The lowest BCUT2D eigenvalue weighted by atomic mass is 10.00. The van der Waals surface area contributed by atoms with Crippen LogP contribution in [0.25, 0.3) is 0 Å². The van der Waals surface area contributed by atoms with E-state index in [4.69, 9.17) is 18.9 Å². The lowest BCUT2D eigenvalue weighted by Gasteiger charge is -2.40. The molecule has 1 heterocycles. The summed E-state index contributed by atoms with van der Waals surface area (Å²) in [5, 5.41) is 30.8. The van der Waals surface area contributed by atoms with Crippen molar-refractivity contribution in [3.05, 3.63) is 36.5 Å². The van der Waals surface area contributed by atoms with Gasteiger partial charge in [0.05, 0.1) is 6.61 Å². The Balaban J connectivity index is 2.47. The first kappa shape index (κ1) is 52.9. The number of ether oxygens (including phenoxy) is 4. The number of hydrogen-bond acceptors (Lipinski definition) is 11. The molecule has 2 unspecified atom stereocenters. The number of aliphatic hydroxyl groups is 3. The van der Waals surface area contributed by atoms with Crippen molar-refractivity contribution in [3.63, 3.8) is 0 Å². The first-order chi connectivity index (χ1) is 27.5. The number of esters is 2. The fourth-order valence-electron chi connectivity index (χ4n) is 6.44. The molecule has 0 amide bonds. The summed E-state index contributed by atoms with van der Waals surface area (Å²) in [6.45, 7) is 3.67. The van der Waals surface area contributed by atoms with E-state index in [2.05, 4.69) is 50.3 Å². The Morgan fingerprint density at radius 2 is 1.05 bits per heavy atom. The van der Waals surface area contributed by atoms with Gasteiger partial charge in [-0.15, -0.1) is 0 Å². The van der Waals surface area contributed by atoms with Gasteiger partial charge in [0.1, 0.15) is 36.8 Å². The maximum Gasteiger partial charge on any atom is 0.306 e. The van der Waals surface area contributed by atoms with E-state index in [-0.39, 0.29) is 19.4 Å². The van der Waals surface area contributed by atoms with Crippen LogP contribution in [0.15, 0.2) is 36.5 Å². The van der Waals surface area contributed by atoms with E-state index < -0.39 is 71.2 Å². The van der Waals surface area contributed by atoms with Gasteiger partial charge in [-0.1, -0.05) is 140 Å². The topological polar surface area (TPSA) is 186 Å². The molecule has 6 atom stereocenters. The predicted octanol–water partition coefficient (Wildman–Crippen LogP) is 8.61. The van der Waals surface area contributed by atoms with Crippen LogP contribution >= 0.6 is 0 Å². The van der Waals surface area contributed by atoms with Gasteiger partial charge in [0.2, 0.25) is 0 Å². The molecular weight excluding hydrogens is 753 g/mol. The van der Waals surface area contributed by atoms with E-state index >= 15 is 0 Å². The summed E-state index contributed by atoms with van der Waals surface area (Å²) in [4.78, 5) is 25.4. The number of carbonyl (C=O) groups is 2. The van der Waals surface area contributed by atoms with Crippen molar-refractivity contribution >= 4 is 22.1 Å². The van der Waals surface area contributed by atoms with Crippen LogP contribution in [0.2, 0.25) is 0 Å². The van der Waals surface area contributed by atoms with Crippen molar-refractivity contribution in [2.24, 2.45) is 0 Å². The first-order valence-corrected chi connectivity index (χ1v) is 23.7. The van der Waals surface area contributed by atoms with Gasteiger partial charge in [0, 0.05) is 12.8 Å². The van der Waals surface area contributed by atoms with Gasteiger partial charge in [-0.25, -0.2) is 0 Å². The Morgan fingerprint density at radius 3 is 1.56 bits per heavy atom. The van der Waals surface area contributed by atoms with E-state index in [1.54, 1.807) is 0 Å². The summed E-state index contributed by atoms with van der Waals surface area (Å²) < 4.78 is 54.0. The summed E-state index contributed by atoms with van der Waals surface area (Å²) in [5.41, 5.74) is 0. The summed E-state index contributed by atoms with van der Waals surface area (Å²) in [7, 11) is -4.60. The molecule has 4 N–H and O–H groups in total. The molecule has 13 heteroatoms. The van der Waals surface area contributed by atoms with Crippen LogP contribution in [-0.4, -0.2) is 96.0 Å². The minimum absolute atomic E-state index is 0.159. The Morgan fingerprint density at radius 1 is 0.596 bits per heavy atom. The molecule has 57 heavy (non-hydrogen) atoms. The second kappa shape index (κ2) is 34.7. The zero-order chi connectivity index (χ0) is 42.0. The monoisotopic (exact) mass is 831 g/mol. The lowest BCUT2D eigenvalue weighted by Crippen LogP contribution is -2.60. The zero-order valence-electron chi connectivity index (χ0n) is 35.2. The molecule has 1 saturated heterocycles. The summed E-state index contributed by atoms with van der Waals surface area (Å²) in [6, 6.07) is 0. The van der Waals surface area contributed by atoms with Crippen LogP contribution in [-0.2, 0) is 38.7 Å². The van der Waals surface area contributed by atoms with E-state index in [1.807, 2.05) is 0 Å². The third-order valence-electron chi connectivity index (χ3n) is 9.94. The lowest BCUT2D eigenvalue weighted by molar-refractivity contribution is -0.297. The molecule has 0 aromatic carbocycles. The van der Waals surface area contributed by atoms with Gasteiger partial charge < -0.3 is 34.3 Å². The van der Waals surface area contributed by atoms with Crippen LogP contribution in [0.3, 0.4) is 0 Å².